The first-order valence-electron chi connectivity index (χ1n) is 7.80. The number of hydrazone groups is 1. The molecule has 2 atom stereocenters. The molecule has 24 heavy (non-hydrogen) atoms. The van der Waals surface area contributed by atoms with Crippen molar-refractivity contribution in [2.24, 2.45) is 10.8 Å². The van der Waals surface area contributed by atoms with Crippen LogP contribution in [-0.4, -0.2) is 24.4 Å². The van der Waals surface area contributed by atoms with Crippen molar-refractivity contribution in [3.05, 3.63) is 64.1 Å². The van der Waals surface area contributed by atoms with Gasteiger partial charge in [-0.3, -0.25) is 5.01 Å². The van der Waals surface area contributed by atoms with Gasteiger partial charge in [-0.1, -0.05) is 54.4 Å². The third kappa shape index (κ3) is 4.56. The number of anilines is 1. The first-order valence-corrected chi connectivity index (χ1v) is 8.56. The van der Waals surface area contributed by atoms with E-state index in [1.165, 1.54) is 6.34 Å². The smallest absolute Gasteiger partial charge is 0.106 e. The van der Waals surface area contributed by atoms with Crippen molar-refractivity contribution in [1.82, 2.24) is 5.01 Å². The summed E-state index contributed by atoms with van der Waals surface area (Å²) in [5.74, 6) is 0. The predicted molar refractivity (Wildman–Crippen MR) is 104 cm³/mol. The van der Waals surface area contributed by atoms with Crippen molar-refractivity contribution < 1.29 is 0 Å². The normalized spacial score (nSPS) is 13.7. The average molecular weight is 365 g/mol. The number of likely N-dealkylation sites (N-methyl/N-ethyl adjacent to an activating group) is 1. The molecule has 2 aromatic rings. The standard InChI is InChI=1S/C18H22Cl2N4/c1-3-17(24(2)22-12-21)18(13-8-10-14(19)11-9-13)23-16-7-5-4-6-15(16)20/h4-12,17-18,23H,3H2,1-2H3,(H2,21,22). The molecule has 0 saturated heterocycles. The van der Waals surface area contributed by atoms with Gasteiger partial charge in [0.25, 0.3) is 0 Å². The fourth-order valence-electron chi connectivity index (χ4n) is 2.72. The van der Waals surface area contributed by atoms with Gasteiger partial charge in [0.1, 0.15) is 6.34 Å². The van der Waals surface area contributed by atoms with Crippen molar-refractivity contribution >= 4 is 35.2 Å². The van der Waals surface area contributed by atoms with Gasteiger partial charge in [0.2, 0.25) is 0 Å². The van der Waals surface area contributed by atoms with Crippen LogP contribution >= 0.6 is 23.2 Å². The van der Waals surface area contributed by atoms with Gasteiger partial charge in [0.15, 0.2) is 0 Å². The van der Waals surface area contributed by atoms with E-state index >= 15 is 0 Å². The van der Waals surface area contributed by atoms with Gasteiger partial charge in [-0.25, -0.2) is 0 Å². The summed E-state index contributed by atoms with van der Waals surface area (Å²) in [4.78, 5) is 0. The monoisotopic (exact) mass is 364 g/mol. The summed E-state index contributed by atoms with van der Waals surface area (Å²) in [6, 6.07) is 15.6. The quantitative estimate of drug-likeness (QED) is 0.423. The van der Waals surface area contributed by atoms with E-state index in [0.29, 0.717) is 10.0 Å². The van der Waals surface area contributed by atoms with Crippen LogP contribution in [0.3, 0.4) is 0 Å². The second-order valence-electron chi connectivity index (χ2n) is 5.47. The molecule has 4 nitrogen and oxygen atoms in total. The summed E-state index contributed by atoms with van der Waals surface area (Å²) in [5.41, 5.74) is 7.44. The molecular formula is C18H22Cl2N4. The van der Waals surface area contributed by atoms with E-state index in [4.69, 9.17) is 28.9 Å². The Morgan fingerprint density at radius 3 is 2.42 bits per heavy atom. The van der Waals surface area contributed by atoms with Crippen LogP contribution in [-0.2, 0) is 0 Å². The molecule has 2 rings (SSSR count). The molecule has 0 bridgehead atoms. The Kier molecular flexibility index (Phi) is 6.76. The molecule has 2 aromatic carbocycles. The summed E-state index contributed by atoms with van der Waals surface area (Å²) < 4.78 is 0. The summed E-state index contributed by atoms with van der Waals surface area (Å²) in [7, 11) is 1.91. The highest BCUT2D eigenvalue weighted by molar-refractivity contribution is 6.33. The van der Waals surface area contributed by atoms with Crippen LogP contribution in [0.15, 0.2) is 53.6 Å². The largest absolute Gasteiger partial charge is 0.388 e. The number of nitrogens with two attached hydrogens (primary N) is 1. The lowest BCUT2D eigenvalue weighted by Crippen LogP contribution is -2.37. The summed E-state index contributed by atoms with van der Waals surface area (Å²) >= 11 is 12.4. The van der Waals surface area contributed by atoms with Crippen molar-refractivity contribution in [2.45, 2.75) is 25.4 Å². The number of hydrogen-bond donors (Lipinski definition) is 2. The number of nitrogens with zero attached hydrogens (tertiary/aromatic N) is 2. The third-order valence-corrected chi connectivity index (χ3v) is 4.53. The molecule has 0 radical (unpaired) electrons. The Labute approximate surface area is 153 Å². The lowest BCUT2D eigenvalue weighted by molar-refractivity contribution is 0.222. The van der Waals surface area contributed by atoms with E-state index in [2.05, 4.69) is 17.3 Å². The molecule has 0 heterocycles. The Morgan fingerprint density at radius 2 is 1.83 bits per heavy atom. The summed E-state index contributed by atoms with van der Waals surface area (Å²) in [5, 5.41) is 11.0. The van der Waals surface area contributed by atoms with Gasteiger partial charge in [0.05, 0.1) is 22.8 Å². The van der Waals surface area contributed by atoms with E-state index in [1.54, 1.807) is 0 Å². The van der Waals surface area contributed by atoms with Gasteiger partial charge >= 0.3 is 0 Å². The molecule has 0 aliphatic rings. The summed E-state index contributed by atoms with van der Waals surface area (Å²) in [6.07, 6.45) is 2.18. The lowest BCUT2D eigenvalue weighted by atomic mass is 9.96. The van der Waals surface area contributed by atoms with Crippen LogP contribution < -0.4 is 11.1 Å². The lowest BCUT2D eigenvalue weighted by Gasteiger charge is -2.34. The summed E-state index contributed by atoms with van der Waals surface area (Å²) in [6.45, 7) is 2.12. The minimum atomic E-state index is -0.0270. The van der Waals surface area contributed by atoms with E-state index in [1.807, 2.05) is 60.6 Å². The van der Waals surface area contributed by atoms with Gasteiger partial charge in [-0.15, -0.1) is 0 Å². The number of nitrogens with one attached hydrogen (secondary N) is 1. The average Bonchev–Trinajstić information content (AvgIpc) is 2.57. The van der Waals surface area contributed by atoms with E-state index in [-0.39, 0.29) is 12.1 Å². The molecule has 3 N–H and O–H groups in total. The topological polar surface area (TPSA) is 53.6 Å². The molecule has 0 spiro atoms. The fourth-order valence-corrected chi connectivity index (χ4v) is 3.04. The van der Waals surface area contributed by atoms with Crippen molar-refractivity contribution in [3.63, 3.8) is 0 Å². The molecule has 0 saturated carbocycles. The molecule has 0 fully saturated rings. The maximum atomic E-state index is 6.32. The van der Waals surface area contributed by atoms with E-state index in [9.17, 15) is 0 Å². The number of rotatable bonds is 7. The highest BCUT2D eigenvalue weighted by Gasteiger charge is 2.25. The van der Waals surface area contributed by atoms with Gasteiger partial charge in [-0.05, 0) is 36.2 Å². The Hall–Kier alpha value is -1.91. The molecular weight excluding hydrogens is 343 g/mol. The van der Waals surface area contributed by atoms with Crippen LogP contribution in [0.5, 0.6) is 0 Å². The molecule has 0 aromatic heterocycles. The molecule has 0 amide bonds. The molecule has 128 valence electrons. The zero-order valence-corrected chi connectivity index (χ0v) is 15.3. The van der Waals surface area contributed by atoms with Gasteiger partial charge in [0, 0.05) is 12.1 Å². The van der Waals surface area contributed by atoms with E-state index in [0.717, 1.165) is 17.7 Å². The van der Waals surface area contributed by atoms with Gasteiger partial charge < -0.3 is 11.1 Å². The van der Waals surface area contributed by atoms with Crippen LogP contribution in [0.1, 0.15) is 24.9 Å². The molecule has 0 aliphatic carbocycles. The molecule has 0 aliphatic heterocycles. The van der Waals surface area contributed by atoms with Crippen molar-refractivity contribution in [1.29, 1.82) is 0 Å². The fraction of sp³-hybridized carbons (Fsp3) is 0.278. The predicted octanol–water partition coefficient (Wildman–Crippen LogP) is 4.76. The second kappa shape index (κ2) is 8.81. The minimum absolute atomic E-state index is 0.0270. The highest BCUT2D eigenvalue weighted by atomic mass is 35.5. The Bertz CT molecular complexity index is 673. The minimum Gasteiger partial charge on any atom is -0.388 e. The first kappa shape index (κ1) is 18.4. The number of halogens is 2. The van der Waals surface area contributed by atoms with Crippen LogP contribution in [0.2, 0.25) is 10.0 Å². The number of hydrogen-bond acceptors (Lipinski definition) is 3. The van der Waals surface area contributed by atoms with Crippen LogP contribution in [0, 0.1) is 0 Å². The Balaban J connectivity index is 2.40. The van der Waals surface area contributed by atoms with E-state index < -0.39 is 0 Å². The second-order valence-corrected chi connectivity index (χ2v) is 6.31. The van der Waals surface area contributed by atoms with Gasteiger partial charge in [-0.2, -0.15) is 5.10 Å². The Morgan fingerprint density at radius 1 is 1.17 bits per heavy atom. The molecule has 2 unspecified atom stereocenters. The first-order chi connectivity index (χ1) is 11.6. The number of benzene rings is 2. The van der Waals surface area contributed by atoms with Crippen molar-refractivity contribution in [3.8, 4) is 0 Å². The number of para-hydroxylation sites is 1. The maximum absolute atomic E-state index is 6.32. The molecule has 6 heteroatoms. The van der Waals surface area contributed by atoms with Crippen LogP contribution in [0.25, 0.3) is 0 Å². The van der Waals surface area contributed by atoms with Crippen LogP contribution in [0.4, 0.5) is 5.69 Å². The zero-order valence-electron chi connectivity index (χ0n) is 13.8. The SMILES string of the molecule is CCC(C(Nc1ccccc1Cl)c1ccc(Cl)cc1)N(C)/N=C\N. The zero-order chi connectivity index (χ0) is 17.5. The third-order valence-electron chi connectivity index (χ3n) is 3.95. The highest BCUT2D eigenvalue weighted by Crippen LogP contribution is 2.31. The maximum Gasteiger partial charge on any atom is 0.106 e. The van der Waals surface area contributed by atoms with Crippen molar-refractivity contribution in [2.75, 3.05) is 12.4 Å².